The Labute approximate surface area is 172 Å². The van der Waals surface area contributed by atoms with Crippen LogP contribution in [0, 0.1) is 23.2 Å². The van der Waals surface area contributed by atoms with Crippen molar-refractivity contribution in [3.8, 4) is 17.6 Å². The van der Waals surface area contributed by atoms with Gasteiger partial charge in [0.1, 0.15) is 17.2 Å². The number of carbonyl (C=O) groups excluding carboxylic acids is 1. The second kappa shape index (κ2) is 11.2. The second-order valence-corrected chi connectivity index (χ2v) is 7.13. The Morgan fingerprint density at radius 2 is 1.66 bits per heavy atom. The van der Waals surface area contributed by atoms with Gasteiger partial charge < -0.3 is 10.2 Å². The number of nitrogens with zero attached hydrogens (tertiary/aromatic N) is 3. The lowest BCUT2D eigenvalue weighted by atomic mass is 10.0. The third kappa shape index (κ3) is 6.58. The summed E-state index contributed by atoms with van der Waals surface area (Å²) in [5.74, 6) is 1.96. The highest BCUT2D eigenvalue weighted by molar-refractivity contribution is 5.95. The zero-order valence-electron chi connectivity index (χ0n) is 17.1. The van der Waals surface area contributed by atoms with Crippen LogP contribution in [0.2, 0.25) is 0 Å². The molecule has 0 radical (unpaired) electrons. The molecule has 1 aliphatic carbocycles. The number of nitriles is 1. The molecule has 0 unspecified atom stereocenters. The van der Waals surface area contributed by atoms with Crippen LogP contribution >= 0.6 is 0 Å². The highest BCUT2D eigenvalue weighted by Gasteiger charge is 2.36. The fraction of sp³-hybridized carbons (Fsp3) is 0.435. The molecule has 154 valence electrons. The maximum atomic E-state index is 12.0. The van der Waals surface area contributed by atoms with Gasteiger partial charge in [0, 0.05) is 13.1 Å². The molecule has 2 fully saturated rings. The van der Waals surface area contributed by atoms with E-state index in [0.29, 0.717) is 17.8 Å². The lowest BCUT2D eigenvalue weighted by Gasteiger charge is -2.15. The molecule has 1 saturated heterocycles. The summed E-state index contributed by atoms with van der Waals surface area (Å²) in [6.45, 7) is 6.59. The molecular weight excluding hydrogens is 366 g/mol. The Morgan fingerprint density at radius 3 is 2.17 bits per heavy atom. The molecule has 4 rings (SSSR count). The number of rotatable bonds is 3. The predicted molar refractivity (Wildman–Crippen MR) is 112 cm³/mol. The molecular formula is C23H29N3O3. The van der Waals surface area contributed by atoms with E-state index >= 15 is 0 Å². The van der Waals surface area contributed by atoms with E-state index in [1.54, 1.807) is 18.2 Å². The standard InChI is InChI=1S/C14H18N2O2.C7H5NO.C2H6/c17-12-4-5-13(15-6-12)14(18)9-16-7-10-2-1-3-11(10)8-16;8-5-6-1-3-7(9)4-2-6;1-2/h4-6,10-11,17H,1-3,7-9H2;1-4,9H;1-2H3/t10-,11+;;. The molecule has 2 heterocycles. The quantitative estimate of drug-likeness (QED) is 0.763. The highest BCUT2D eigenvalue weighted by atomic mass is 16.3. The lowest BCUT2D eigenvalue weighted by Crippen LogP contribution is -2.29. The summed E-state index contributed by atoms with van der Waals surface area (Å²) >= 11 is 0. The number of pyridine rings is 1. The normalized spacial score (nSPS) is 19.8. The number of hydrogen-bond donors (Lipinski definition) is 2. The molecule has 0 amide bonds. The van der Waals surface area contributed by atoms with Gasteiger partial charge in [-0.05, 0) is 61.1 Å². The zero-order valence-corrected chi connectivity index (χ0v) is 17.1. The molecule has 2 N–H and O–H groups in total. The molecule has 0 bridgehead atoms. The lowest BCUT2D eigenvalue weighted by molar-refractivity contribution is 0.0936. The second-order valence-electron chi connectivity index (χ2n) is 7.13. The van der Waals surface area contributed by atoms with Crippen molar-refractivity contribution in [2.75, 3.05) is 19.6 Å². The van der Waals surface area contributed by atoms with Gasteiger partial charge in [-0.15, -0.1) is 0 Å². The van der Waals surface area contributed by atoms with E-state index in [0.717, 1.165) is 24.9 Å². The maximum Gasteiger partial charge on any atom is 0.195 e. The van der Waals surface area contributed by atoms with Gasteiger partial charge in [0.2, 0.25) is 0 Å². The Bertz CT molecular complexity index is 801. The van der Waals surface area contributed by atoms with E-state index in [1.165, 1.54) is 43.7 Å². The number of carbonyl (C=O) groups is 1. The van der Waals surface area contributed by atoms with Crippen molar-refractivity contribution >= 4 is 5.78 Å². The van der Waals surface area contributed by atoms with Gasteiger partial charge in [0.25, 0.3) is 0 Å². The fourth-order valence-electron chi connectivity index (χ4n) is 3.83. The number of phenols is 1. The Morgan fingerprint density at radius 1 is 1.07 bits per heavy atom. The molecule has 2 aliphatic rings. The third-order valence-electron chi connectivity index (χ3n) is 5.20. The number of aromatic hydroxyl groups is 2. The van der Waals surface area contributed by atoms with Crippen molar-refractivity contribution in [3.63, 3.8) is 0 Å². The number of hydrogen-bond acceptors (Lipinski definition) is 6. The molecule has 2 atom stereocenters. The van der Waals surface area contributed by atoms with E-state index < -0.39 is 0 Å². The van der Waals surface area contributed by atoms with Crippen molar-refractivity contribution in [3.05, 3.63) is 53.9 Å². The molecule has 6 nitrogen and oxygen atoms in total. The summed E-state index contributed by atoms with van der Waals surface area (Å²) in [5.41, 5.74) is 1.01. The van der Waals surface area contributed by atoms with Crippen LogP contribution in [0.3, 0.4) is 0 Å². The average Bonchev–Trinajstić information content (AvgIpc) is 3.33. The molecule has 1 aromatic heterocycles. The summed E-state index contributed by atoms with van der Waals surface area (Å²) in [7, 11) is 0. The van der Waals surface area contributed by atoms with Crippen LogP contribution in [0.4, 0.5) is 0 Å². The summed E-state index contributed by atoms with van der Waals surface area (Å²) in [6.07, 6.45) is 5.34. The van der Waals surface area contributed by atoms with Gasteiger partial charge in [-0.1, -0.05) is 20.3 Å². The summed E-state index contributed by atoms with van der Waals surface area (Å²) in [6, 6.07) is 11.1. The number of benzene rings is 1. The monoisotopic (exact) mass is 395 g/mol. The molecule has 0 spiro atoms. The average molecular weight is 396 g/mol. The van der Waals surface area contributed by atoms with E-state index in [4.69, 9.17) is 15.5 Å². The minimum absolute atomic E-state index is 0.0509. The first-order chi connectivity index (χ1) is 14.0. The third-order valence-corrected chi connectivity index (χ3v) is 5.20. The fourth-order valence-corrected chi connectivity index (χ4v) is 3.83. The van der Waals surface area contributed by atoms with E-state index in [2.05, 4.69) is 9.88 Å². The minimum Gasteiger partial charge on any atom is -0.508 e. The molecule has 1 saturated carbocycles. The van der Waals surface area contributed by atoms with Crippen LogP contribution in [0.5, 0.6) is 11.5 Å². The minimum atomic E-state index is 0.0509. The van der Waals surface area contributed by atoms with Gasteiger partial charge in [-0.2, -0.15) is 5.26 Å². The summed E-state index contributed by atoms with van der Waals surface area (Å²) in [4.78, 5) is 18.3. The van der Waals surface area contributed by atoms with Gasteiger partial charge >= 0.3 is 0 Å². The Hall–Kier alpha value is -2.91. The Kier molecular flexibility index (Phi) is 8.63. The van der Waals surface area contributed by atoms with Crippen molar-refractivity contribution in [2.45, 2.75) is 33.1 Å². The topological polar surface area (TPSA) is 97.5 Å². The summed E-state index contributed by atoms with van der Waals surface area (Å²) < 4.78 is 0. The highest BCUT2D eigenvalue weighted by Crippen LogP contribution is 2.37. The van der Waals surface area contributed by atoms with Crippen molar-refractivity contribution in [1.29, 1.82) is 5.26 Å². The predicted octanol–water partition coefficient (Wildman–Crippen LogP) is 3.99. The number of Topliss-reactive ketones (excluding diaryl/α,β-unsaturated/α-hetero) is 1. The van der Waals surface area contributed by atoms with Crippen LogP contribution in [0.25, 0.3) is 0 Å². The van der Waals surface area contributed by atoms with Gasteiger partial charge in [0.05, 0.1) is 24.4 Å². The summed E-state index contributed by atoms with van der Waals surface area (Å²) in [5, 5.41) is 26.2. The number of phenolic OH excluding ortho intramolecular Hbond substituents is 1. The van der Waals surface area contributed by atoms with Crippen molar-refractivity contribution in [1.82, 2.24) is 9.88 Å². The Balaban J connectivity index is 0.000000231. The number of likely N-dealkylation sites (tertiary alicyclic amines) is 1. The smallest absolute Gasteiger partial charge is 0.195 e. The largest absolute Gasteiger partial charge is 0.508 e. The maximum absolute atomic E-state index is 12.0. The first-order valence-corrected chi connectivity index (χ1v) is 10.1. The number of ketones is 1. The molecule has 6 heteroatoms. The van der Waals surface area contributed by atoms with Crippen molar-refractivity contribution < 1.29 is 15.0 Å². The number of aromatic nitrogens is 1. The first-order valence-electron chi connectivity index (χ1n) is 10.1. The van der Waals surface area contributed by atoms with Crippen LogP contribution < -0.4 is 0 Å². The zero-order chi connectivity index (χ0) is 21.2. The van der Waals surface area contributed by atoms with Crippen LogP contribution in [0.1, 0.15) is 49.2 Å². The SMILES string of the molecule is CC.N#Cc1ccc(O)cc1.O=C(CN1C[C@H]2CCC[C@H]2C1)c1ccc(O)cn1. The van der Waals surface area contributed by atoms with E-state index in [9.17, 15) is 4.79 Å². The molecule has 1 aromatic carbocycles. The van der Waals surface area contributed by atoms with Crippen LogP contribution in [-0.4, -0.2) is 45.5 Å². The van der Waals surface area contributed by atoms with Crippen molar-refractivity contribution in [2.24, 2.45) is 11.8 Å². The number of fused-ring (bicyclic) bond motifs is 1. The van der Waals surface area contributed by atoms with E-state index in [-0.39, 0.29) is 17.3 Å². The van der Waals surface area contributed by atoms with Gasteiger partial charge in [-0.25, -0.2) is 4.98 Å². The first kappa shape index (κ1) is 22.4. The van der Waals surface area contributed by atoms with Crippen LogP contribution in [-0.2, 0) is 0 Å². The van der Waals surface area contributed by atoms with E-state index in [1.807, 2.05) is 19.9 Å². The molecule has 2 aromatic rings. The van der Waals surface area contributed by atoms with Crippen LogP contribution in [0.15, 0.2) is 42.6 Å². The van der Waals surface area contributed by atoms with Gasteiger partial charge in [0.15, 0.2) is 5.78 Å². The van der Waals surface area contributed by atoms with Gasteiger partial charge in [-0.3, -0.25) is 9.69 Å². The molecule has 1 aliphatic heterocycles. The molecule has 29 heavy (non-hydrogen) atoms.